The molecule has 2 nitrogen and oxygen atoms in total. The summed E-state index contributed by atoms with van der Waals surface area (Å²) >= 11 is 0. The number of rotatable bonds is 7. The molecule has 0 fully saturated rings. The van der Waals surface area contributed by atoms with Crippen LogP contribution in [0.1, 0.15) is 26.2 Å². The first-order valence-corrected chi connectivity index (χ1v) is 4.00. The van der Waals surface area contributed by atoms with Crippen LogP contribution in [0.4, 0.5) is 0 Å². The van der Waals surface area contributed by atoms with E-state index in [0.29, 0.717) is 19.8 Å². The molecular formula is C9H16O2. The second kappa shape index (κ2) is 9.48. The lowest BCUT2D eigenvalue weighted by atomic mass is 10.4. The third-order valence-corrected chi connectivity index (χ3v) is 1.20. The van der Waals surface area contributed by atoms with Crippen LogP contribution in [-0.4, -0.2) is 20.0 Å². The molecule has 0 aliphatic rings. The van der Waals surface area contributed by atoms with E-state index in [0.717, 1.165) is 19.4 Å². The van der Waals surface area contributed by atoms with Crippen molar-refractivity contribution in [3.05, 3.63) is 0 Å². The minimum atomic E-state index is 0.377. The van der Waals surface area contributed by atoms with Gasteiger partial charge in [-0.3, -0.25) is 0 Å². The van der Waals surface area contributed by atoms with Gasteiger partial charge in [0.05, 0.1) is 6.61 Å². The third kappa shape index (κ3) is 9.48. The Labute approximate surface area is 68.9 Å². The number of hydrogen-bond acceptors (Lipinski definition) is 2. The highest BCUT2D eigenvalue weighted by Crippen LogP contribution is 1.88. The molecule has 0 radical (unpaired) electrons. The molecule has 2 heteroatoms. The lowest BCUT2D eigenvalue weighted by Crippen LogP contribution is -2.01. The van der Waals surface area contributed by atoms with Gasteiger partial charge in [0.25, 0.3) is 0 Å². The molecule has 0 heterocycles. The Morgan fingerprint density at radius 2 is 2.00 bits per heavy atom. The van der Waals surface area contributed by atoms with E-state index >= 15 is 0 Å². The van der Waals surface area contributed by atoms with Crippen molar-refractivity contribution < 1.29 is 9.47 Å². The summed E-state index contributed by atoms with van der Waals surface area (Å²) in [5.74, 6) is 2.49. The van der Waals surface area contributed by atoms with Crippen molar-refractivity contribution in [3.8, 4) is 12.3 Å². The molecule has 0 amide bonds. The number of hydrogen-bond donors (Lipinski definition) is 0. The average molecular weight is 156 g/mol. The summed E-state index contributed by atoms with van der Waals surface area (Å²) < 4.78 is 10.2. The van der Waals surface area contributed by atoms with E-state index in [1.54, 1.807) is 0 Å². The fourth-order valence-electron chi connectivity index (χ4n) is 0.554. The highest BCUT2D eigenvalue weighted by molar-refractivity contribution is 4.82. The molecule has 0 aromatic heterocycles. The molecule has 0 atom stereocenters. The molecule has 0 aromatic carbocycles. The van der Waals surface area contributed by atoms with E-state index in [9.17, 15) is 0 Å². The summed E-state index contributed by atoms with van der Waals surface area (Å²) in [6.45, 7) is 3.89. The van der Waals surface area contributed by atoms with Crippen molar-refractivity contribution in [2.45, 2.75) is 26.2 Å². The van der Waals surface area contributed by atoms with Crippen molar-refractivity contribution in [3.63, 3.8) is 0 Å². The molecule has 0 aromatic rings. The lowest BCUT2D eigenvalue weighted by molar-refractivity contribution is -0.0524. The van der Waals surface area contributed by atoms with E-state index in [1.165, 1.54) is 0 Å². The van der Waals surface area contributed by atoms with Crippen molar-refractivity contribution >= 4 is 0 Å². The zero-order valence-corrected chi connectivity index (χ0v) is 7.14. The van der Waals surface area contributed by atoms with E-state index in [-0.39, 0.29) is 0 Å². The second-order valence-corrected chi connectivity index (χ2v) is 2.24. The van der Waals surface area contributed by atoms with Gasteiger partial charge in [0.2, 0.25) is 0 Å². The summed E-state index contributed by atoms with van der Waals surface area (Å²) in [5.41, 5.74) is 0. The second-order valence-electron chi connectivity index (χ2n) is 2.24. The highest BCUT2D eigenvalue weighted by atomic mass is 16.7. The zero-order chi connectivity index (χ0) is 8.36. The molecule has 0 rings (SSSR count). The van der Waals surface area contributed by atoms with Crippen molar-refractivity contribution in [2.75, 3.05) is 20.0 Å². The van der Waals surface area contributed by atoms with Gasteiger partial charge in [-0.25, -0.2) is 0 Å². The summed E-state index contributed by atoms with van der Waals surface area (Å²) in [5, 5.41) is 0. The van der Waals surface area contributed by atoms with Crippen LogP contribution in [0.3, 0.4) is 0 Å². The first kappa shape index (κ1) is 10.5. The maximum Gasteiger partial charge on any atom is 0.146 e. The van der Waals surface area contributed by atoms with E-state index in [4.69, 9.17) is 15.9 Å². The summed E-state index contributed by atoms with van der Waals surface area (Å²) in [6.07, 6.45) is 7.94. The van der Waals surface area contributed by atoms with Crippen LogP contribution >= 0.6 is 0 Å². The molecule has 0 aliphatic heterocycles. The van der Waals surface area contributed by atoms with Crippen LogP contribution < -0.4 is 0 Å². The van der Waals surface area contributed by atoms with Gasteiger partial charge in [0.1, 0.15) is 6.79 Å². The Hall–Kier alpha value is -0.520. The van der Waals surface area contributed by atoms with Crippen molar-refractivity contribution in [1.29, 1.82) is 0 Å². The fourth-order valence-corrected chi connectivity index (χ4v) is 0.554. The Kier molecular flexibility index (Phi) is 9.03. The minimum Gasteiger partial charge on any atom is -0.355 e. The lowest BCUT2D eigenvalue weighted by Gasteiger charge is -2.02. The molecule has 0 unspecified atom stereocenters. The topological polar surface area (TPSA) is 18.5 Å². The predicted octanol–water partition coefficient (Wildman–Crippen LogP) is 1.80. The van der Waals surface area contributed by atoms with Gasteiger partial charge in [-0.1, -0.05) is 13.3 Å². The Balaban J connectivity index is 2.75. The van der Waals surface area contributed by atoms with Gasteiger partial charge in [-0.05, 0) is 6.42 Å². The highest BCUT2D eigenvalue weighted by Gasteiger charge is 1.86. The van der Waals surface area contributed by atoms with Crippen LogP contribution in [0.25, 0.3) is 0 Å². The summed E-state index contributed by atoms with van der Waals surface area (Å²) in [4.78, 5) is 0. The Morgan fingerprint density at radius 3 is 2.64 bits per heavy atom. The van der Waals surface area contributed by atoms with Gasteiger partial charge < -0.3 is 9.47 Å². The average Bonchev–Trinajstić information content (AvgIpc) is 2.03. The molecule has 0 bridgehead atoms. The molecule has 0 spiro atoms. The van der Waals surface area contributed by atoms with Crippen LogP contribution in [0.5, 0.6) is 0 Å². The van der Waals surface area contributed by atoms with Crippen molar-refractivity contribution in [2.24, 2.45) is 0 Å². The Bertz CT molecular complexity index is 105. The van der Waals surface area contributed by atoms with E-state index in [2.05, 4.69) is 12.8 Å². The maximum absolute atomic E-state index is 5.13. The molecule has 64 valence electrons. The number of ether oxygens (including phenoxy) is 2. The summed E-state index contributed by atoms with van der Waals surface area (Å²) in [7, 11) is 0. The quantitative estimate of drug-likeness (QED) is 0.318. The molecular weight excluding hydrogens is 140 g/mol. The van der Waals surface area contributed by atoms with Gasteiger partial charge in [0.15, 0.2) is 0 Å². The smallest absolute Gasteiger partial charge is 0.146 e. The van der Waals surface area contributed by atoms with Gasteiger partial charge >= 0.3 is 0 Å². The summed E-state index contributed by atoms with van der Waals surface area (Å²) in [6, 6.07) is 0. The molecule has 11 heavy (non-hydrogen) atoms. The van der Waals surface area contributed by atoms with Crippen LogP contribution in [0.2, 0.25) is 0 Å². The largest absolute Gasteiger partial charge is 0.355 e. The fraction of sp³-hybridized carbons (Fsp3) is 0.778. The Morgan fingerprint density at radius 1 is 1.27 bits per heavy atom. The predicted molar refractivity (Wildman–Crippen MR) is 45.1 cm³/mol. The monoisotopic (exact) mass is 156 g/mol. The SMILES string of the molecule is C#CCCOCOCCCC. The zero-order valence-electron chi connectivity index (χ0n) is 7.14. The number of terminal acetylenes is 1. The van der Waals surface area contributed by atoms with Crippen LogP contribution in [-0.2, 0) is 9.47 Å². The molecule has 0 N–H and O–H groups in total. The molecule has 0 saturated carbocycles. The standard InChI is InChI=1S/C9H16O2/c1-3-5-7-10-9-11-8-6-4-2/h1H,4-9H2,2H3. The van der Waals surface area contributed by atoms with Gasteiger partial charge in [-0.2, -0.15) is 0 Å². The number of unbranched alkanes of at least 4 members (excludes halogenated alkanes) is 1. The first-order valence-electron chi connectivity index (χ1n) is 4.00. The van der Waals surface area contributed by atoms with E-state index < -0.39 is 0 Å². The van der Waals surface area contributed by atoms with Crippen LogP contribution in [0, 0.1) is 12.3 Å². The van der Waals surface area contributed by atoms with Gasteiger partial charge in [-0.15, -0.1) is 12.3 Å². The molecule has 0 aliphatic carbocycles. The van der Waals surface area contributed by atoms with Crippen molar-refractivity contribution in [1.82, 2.24) is 0 Å². The third-order valence-electron chi connectivity index (χ3n) is 1.20. The minimum absolute atomic E-state index is 0.377. The first-order chi connectivity index (χ1) is 5.41. The molecule has 0 saturated heterocycles. The van der Waals surface area contributed by atoms with E-state index in [1.807, 2.05) is 0 Å². The normalized spacial score (nSPS) is 9.45. The van der Waals surface area contributed by atoms with Gasteiger partial charge in [0, 0.05) is 13.0 Å². The maximum atomic E-state index is 5.13. The van der Waals surface area contributed by atoms with Crippen LogP contribution in [0.15, 0.2) is 0 Å².